The van der Waals surface area contributed by atoms with Crippen molar-refractivity contribution in [1.82, 2.24) is 16.0 Å². The number of hydrogen-bond acceptors (Lipinski definition) is 4. The van der Waals surface area contributed by atoms with Gasteiger partial charge in [-0.15, -0.1) is 0 Å². The summed E-state index contributed by atoms with van der Waals surface area (Å²) in [7, 11) is 1.65. The Morgan fingerprint density at radius 1 is 1.07 bits per heavy atom. The van der Waals surface area contributed by atoms with E-state index in [9.17, 15) is 9.18 Å². The average molecular weight is 382 g/mol. The number of carbonyl (C=O) groups excluding carboxylic acids is 1. The van der Waals surface area contributed by atoms with Crippen molar-refractivity contribution in [3.63, 3.8) is 0 Å². The summed E-state index contributed by atoms with van der Waals surface area (Å²) in [5, 5.41) is 9.16. The van der Waals surface area contributed by atoms with Crippen LogP contribution in [-0.2, 0) is 20.7 Å². The third-order valence-corrected chi connectivity index (χ3v) is 3.51. The van der Waals surface area contributed by atoms with E-state index in [1.54, 1.807) is 19.2 Å². The van der Waals surface area contributed by atoms with Crippen molar-refractivity contribution >= 4 is 11.9 Å². The van der Waals surface area contributed by atoms with Crippen molar-refractivity contribution in [2.24, 2.45) is 4.99 Å². The van der Waals surface area contributed by atoms with E-state index in [0.717, 1.165) is 18.5 Å². The largest absolute Gasteiger partial charge is 0.382 e. The maximum absolute atomic E-state index is 12.9. The molecule has 0 aliphatic carbocycles. The van der Waals surface area contributed by atoms with Gasteiger partial charge in [-0.3, -0.25) is 9.79 Å². The van der Waals surface area contributed by atoms with Gasteiger partial charge in [0.25, 0.3) is 0 Å². The fraction of sp³-hybridized carbons (Fsp3) is 0.579. The lowest BCUT2D eigenvalue weighted by molar-refractivity contribution is -0.120. The van der Waals surface area contributed by atoms with Crippen molar-refractivity contribution in [3.05, 3.63) is 35.6 Å². The summed E-state index contributed by atoms with van der Waals surface area (Å²) in [4.78, 5) is 16.3. The minimum absolute atomic E-state index is 0.0986. The normalized spacial score (nSPS) is 11.3. The van der Waals surface area contributed by atoms with E-state index in [4.69, 9.17) is 9.47 Å². The summed E-state index contributed by atoms with van der Waals surface area (Å²) < 4.78 is 23.2. The number of nitrogens with one attached hydrogen (secondary N) is 3. The zero-order chi connectivity index (χ0) is 19.7. The Hall–Kier alpha value is -2.19. The molecule has 7 nitrogen and oxygen atoms in total. The van der Waals surface area contributed by atoms with Gasteiger partial charge in [-0.1, -0.05) is 12.1 Å². The Morgan fingerprint density at radius 2 is 1.81 bits per heavy atom. The van der Waals surface area contributed by atoms with Gasteiger partial charge >= 0.3 is 0 Å². The van der Waals surface area contributed by atoms with E-state index in [1.165, 1.54) is 12.1 Å². The minimum Gasteiger partial charge on any atom is -0.382 e. The molecule has 0 unspecified atom stereocenters. The molecule has 0 fully saturated rings. The summed E-state index contributed by atoms with van der Waals surface area (Å²) in [6.07, 6.45) is 1.06. The molecule has 0 atom stereocenters. The van der Waals surface area contributed by atoms with E-state index in [-0.39, 0.29) is 18.1 Å². The highest BCUT2D eigenvalue weighted by Crippen LogP contribution is 2.03. The summed E-state index contributed by atoms with van der Waals surface area (Å²) >= 11 is 0. The SMILES string of the molecule is CCNC(=NCCCOCCOC)NCCNC(=O)Cc1ccc(F)cc1. The summed E-state index contributed by atoms with van der Waals surface area (Å²) in [5.41, 5.74) is 0.782. The molecule has 0 radical (unpaired) electrons. The first-order valence-corrected chi connectivity index (χ1v) is 9.25. The van der Waals surface area contributed by atoms with Crippen molar-refractivity contribution < 1.29 is 18.7 Å². The Bertz CT molecular complexity index is 552. The van der Waals surface area contributed by atoms with Gasteiger partial charge in [-0.05, 0) is 31.0 Å². The van der Waals surface area contributed by atoms with Crippen molar-refractivity contribution in [3.8, 4) is 0 Å². The zero-order valence-electron chi connectivity index (χ0n) is 16.2. The minimum atomic E-state index is -0.305. The Labute approximate surface area is 160 Å². The molecular formula is C19H31FN4O3. The molecule has 1 aromatic rings. The Morgan fingerprint density at radius 3 is 2.52 bits per heavy atom. The number of carbonyl (C=O) groups is 1. The van der Waals surface area contributed by atoms with Crippen LogP contribution in [0.15, 0.2) is 29.3 Å². The molecule has 0 aromatic heterocycles. The van der Waals surface area contributed by atoms with Crippen LogP contribution in [0.2, 0.25) is 0 Å². The van der Waals surface area contributed by atoms with Gasteiger partial charge in [-0.2, -0.15) is 0 Å². The predicted molar refractivity (Wildman–Crippen MR) is 104 cm³/mol. The zero-order valence-corrected chi connectivity index (χ0v) is 16.2. The van der Waals surface area contributed by atoms with E-state index >= 15 is 0 Å². The number of benzene rings is 1. The van der Waals surface area contributed by atoms with E-state index in [1.807, 2.05) is 6.92 Å². The number of aliphatic imine (C=N–C) groups is 1. The van der Waals surface area contributed by atoms with Gasteiger partial charge in [0.2, 0.25) is 5.91 Å². The molecule has 152 valence electrons. The number of nitrogens with zero attached hydrogens (tertiary/aromatic N) is 1. The lowest BCUT2D eigenvalue weighted by atomic mass is 10.1. The smallest absolute Gasteiger partial charge is 0.224 e. The first-order valence-electron chi connectivity index (χ1n) is 9.25. The molecule has 0 aliphatic rings. The Kier molecular flexibility index (Phi) is 12.6. The third kappa shape index (κ3) is 11.9. The fourth-order valence-electron chi connectivity index (χ4n) is 2.18. The van der Waals surface area contributed by atoms with E-state index in [2.05, 4.69) is 20.9 Å². The van der Waals surface area contributed by atoms with E-state index in [0.29, 0.717) is 45.4 Å². The van der Waals surface area contributed by atoms with Gasteiger partial charge in [-0.25, -0.2) is 4.39 Å². The molecule has 0 heterocycles. The van der Waals surface area contributed by atoms with Crippen LogP contribution >= 0.6 is 0 Å². The number of hydrogen-bond donors (Lipinski definition) is 3. The maximum atomic E-state index is 12.9. The number of halogens is 1. The molecular weight excluding hydrogens is 351 g/mol. The number of methoxy groups -OCH3 is 1. The standard InChI is InChI=1S/C19H31FN4O3/c1-3-21-19(23-9-4-12-27-14-13-26-2)24-11-10-22-18(25)15-16-5-7-17(20)8-6-16/h5-8H,3-4,9-15H2,1-2H3,(H,22,25)(H2,21,23,24). The maximum Gasteiger partial charge on any atom is 0.224 e. The third-order valence-electron chi connectivity index (χ3n) is 3.51. The second kappa shape index (κ2) is 14.9. The summed E-state index contributed by atoms with van der Waals surface area (Å²) in [5.74, 6) is 0.306. The van der Waals surface area contributed by atoms with Crippen LogP contribution < -0.4 is 16.0 Å². The number of ether oxygens (including phenoxy) is 2. The van der Waals surface area contributed by atoms with Crippen LogP contribution in [0.1, 0.15) is 18.9 Å². The van der Waals surface area contributed by atoms with Crippen LogP contribution in [0.3, 0.4) is 0 Å². The second-order valence-corrected chi connectivity index (χ2v) is 5.80. The molecule has 1 rings (SSSR count). The predicted octanol–water partition coefficient (Wildman–Crippen LogP) is 1.09. The van der Waals surface area contributed by atoms with Crippen LogP contribution in [0, 0.1) is 5.82 Å². The first-order chi connectivity index (χ1) is 13.2. The van der Waals surface area contributed by atoms with Crippen LogP contribution in [-0.4, -0.2) is 65.0 Å². The molecule has 0 saturated carbocycles. The van der Waals surface area contributed by atoms with Gasteiger partial charge in [0.1, 0.15) is 5.82 Å². The second-order valence-electron chi connectivity index (χ2n) is 5.80. The van der Waals surface area contributed by atoms with Crippen LogP contribution in [0.5, 0.6) is 0 Å². The highest BCUT2D eigenvalue weighted by atomic mass is 19.1. The van der Waals surface area contributed by atoms with Crippen LogP contribution in [0.4, 0.5) is 4.39 Å². The lowest BCUT2D eigenvalue weighted by Crippen LogP contribution is -2.41. The molecule has 3 N–H and O–H groups in total. The fourth-order valence-corrected chi connectivity index (χ4v) is 2.18. The number of guanidine groups is 1. The molecule has 1 aromatic carbocycles. The van der Waals surface area contributed by atoms with Gasteiger partial charge < -0.3 is 25.4 Å². The molecule has 0 saturated heterocycles. The summed E-state index contributed by atoms with van der Waals surface area (Å²) in [6.45, 7) is 6.28. The van der Waals surface area contributed by atoms with Gasteiger partial charge in [0, 0.05) is 39.9 Å². The Balaban J connectivity index is 2.18. The average Bonchev–Trinajstić information content (AvgIpc) is 2.66. The van der Waals surface area contributed by atoms with Gasteiger partial charge in [0.15, 0.2) is 5.96 Å². The molecule has 8 heteroatoms. The number of amides is 1. The number of rotatable bonds is 13. The van der Waals surface area contributed by atoms with Gasteiger partial charge in [0.05, 0.1) is 19.6 Å². The first kappa shape index (κ1) is 22.9. The van der Waals surface area contributed by atoms with Crippen molar-refractivity contribution in [1.29, 1.82) is 0 Å². The highest BCUT2D eigenvalue weighted by Gasteiger charge is 2.03. The topological polar surface area (TPSA) is 84.0 Å². The quantitative estimate of drug-likeness (QED) is 0.270. The van der Waals surface area contributed by atoms with E-state index < -0.39 is 0 Å². The molecule has 1 amide bonds. The molecule has 0 aliphatic heterocycles. The highest BCUT2D eigenvalue weighted by molar-refractivity contribution is 5.80. The lowest BCUT2D eigenvalue weighted by Gasteiger charge is -2.12. The van der Waals surface area contributed by atoms with Crippen molar-refractivity contribution in [2.75, 3.05) is 53.1 Å². The molecule has 0 bridgehead atoms. The molecule has 27 heavy (non-hydrogen) atoms. The monoisotopic (exact) mass is 382 g/mol. The van der Waals surface area contributed by atoms with Crippen LogP contribution in [0.25, 0.3) is 0 Å². The van der Waals surface area contributed by atoms with Crippen molar-refractivity contribution in [2.45, 2.75) is 19.8 Å². The summed E-state index contributed by atoms with van der Waals surface area (Å²) in [6, 6.07) is 5.93. The molecule has 0 spiro atoms.